The summed E-state index contributed by atoms with van der Waals surface area (Å²) in [4.78, 5) is 17.9. The fourth-order valence-corrected chi connectivity index (χ4v) is 1.78. The molecule has 96 valence electrons. The van der Waals surface area contributed by atoms with Crippen LogP contribution in [-0.2, 0) is 9.53 Å². The number of hydrogen-bond donors (Lipinski definition) is 0. The number of amidine groups is 1. The minimum Gasteiger partial charge on any atom is -0.460 e. The Kier molecular flexibility index (Phi) is 4.32. The van der Waals surface area contributed by atoms with Gasteiger partial charge in [-0.1, -0.05) is 27.4 Å². The Morgan fingerprint density at radius 2 is 2.18 bits per heavy atom. The van der Waals surface area contributed by atoms with Gasteiger partial charge < -0.3 is 9.64 Å². The molecule has 0 aliphatic carbocycles. The Balaban J connectivity index is 2.41. The van der Waals surface area contributed by atoms with Crippen molar-refractivity contribution < 1.29 is 9.53 Å². The molecule has 4 nitrogen and oxygen atoms in total. The summed E-state index contributed by atoms with van der Waals surface area (Å²) < 4.78 is 5.09. The predicted octanol–water partition coefficient (Wildman–Crippen LogP) is 1.87. The predicted molar refractivity (Wildman–Crippen MR) is 69.1 cm³/mol. The van der Waals surface area contributed by atoms with Gasteiger partial charge in [-0.25, -0.2) is 4.79 Å². The number of carbonyl (C=O) groups excluding carboxylic acids is 1. The molecule has 0 saturated carbocycles. The molecule has 0 saturated heterocycles. The van der Waals surface area contributed by atoms with Gasteiger partial charge in [0.05, 0.1) is 13.1 Å². The number of carbonyl (C=O) groups is 1. The van der Waals surface area contributed by atoms with Crippen LogP contribution in [0.2, 0.25) is 0 Å². The Morgan fingerprint density at radius 1 is 1.53 bits per heavy atom. The highest BCUT2D eigenvalue weighted by Gasteiger charge is 2.27. The van der Waals surface area contributed by atoms with Gasteiger partial charge in [0, 0.05) is 17.5 Å². The fourth-order valence-electron chi connectivity index (χ4n) is 1.78. The Hall–Kier alpha value is -1.32. The molecule has 0 N–H and O–H groups in total. The number of hydrogen-bond acceptors (Lipinski definition) is 4. The van der Waals surface area contributed by atoms with Crippen molar-refractivity contribution in [2.75, 3.05) is 26.2 Å². The minimum absolute atomic E-state index is 0.0505. The zero-order chi connectivity index (χ0) is 13.1. The van der Waals surface area contributed by atoms with Gasteiger partial charge >= 0.3 is 5.97 Å². The maximum absolute atomic E-state index is 11.2. The SMILES string of the molecule is C=C(C)C(=O)OCCN1CCN=C1C(C)(C)C. The maximum atomic E-state index is 11.2. The highest BCUT2D eigenvalue weighted by molar-refractivity contribution is 5.88. The molecule has 1 aliphatic heterocycles. The summed E-state index contributed by atoms with van der Waals surface area (Å²) in [5, 5.41) is 0. The molecule has 1 heterocycles. The molecule has 0 fully saturated rings. The minimum atomic E-state index is -0.321. The standard InChI is InChI=1S/C13H22N2O2/c1-10(2)11(16)17-9-8-15-7-6-14-12(15)13(3,4)5/h1,6-9H2,2-5H3. The van der Waals surface area contributed by atoms with Gasteiger partial charge in [0.15, 0.2) is 0 Å². The lowest BCUT2D eigenvalue weighted by Gasteiger charge is -2.28. The molecule has 4 heteroatoms. The van der Waals surface area contributed by atoms with Gasteiger partial charge in [-0.3, -0.25) is 4.99 Å². The van der Waals surface area contributed by atoms with Crippen LogP contribution < -0.4 is 0 Å². The summed E-state index contributed by atoms with van der Waals surface area (Å²) in [5.74, 6) is 0.780. The molecule has 0 radical (unpaired) electrons. The van der Waals surface area contributed by atoms with E-state index in [4.69, 9.17) is 4.74 Å². The summed E-state index contributed by atoms with van der Waals surface area (Å²) in [6.07, 6.45) is 0. The average molecular weight is 238 g/mol. The first-order valence-electron chi connectivity index (χ1n) is 5.95. The van der Waals surface area contributed by atoms with Gasteiger partial charge in [0.25, 0.3) is 0 Å². The molecule has 0 unspecified atom stereocenters. The van der Waals surface area contributed by atoms with Crippen LogP contribution >= 0.6 is 0 Å². The topological polar surface area (TPSA) is 41.9 Å². The highest BCUT2D eigenvalue weighted by Crippen LogP contribution is 2.21. The lowest BCUT2D eigenvalue weighted by Crippen LogP contribution is -2.38. The van der Waals surface area contributed by atoms with E-state index in [1.54, 1.807) is 6.92 Å². The molecule has 1 rings (SSSR count). The zero-order valence-electron chi connectivity index (χ0n) is 11.2. The molecule has 17 heavy (non-hydrogen) atoms. The number of esters is 1. The third kappa shape index (κ3) is 3.88. The molecular weight excluding hydrogens is 216 g/mol. The van der Waals surface area contributed by atoms with Crippen LogP contribution in [-0.4, -0.2) is 42.9 Å². The van der Waals surface area contributed by atoms with Crippen LogP contribution in [0.1, 0.15) is 27.7 Å². The summed E-state index contributed by atoms with van der Waals surface area (Å²) in [6, 6.07) is 0. The van der Waals surface area contributed by atoms with E-state index in [1.807, 2.05) is 0 Å². The van der Waals surface area contributed by atoms with E-state index in [0.29, 0.717) is 18.7 Å². The van der Waals surface area contributed by atoms with Crippen LogP contribution in [0.3, 0.4) is 0 Å². The monoisotopic (exact) mass is 238 g/mol. The molecule has 0 bridgehead atoms. The summed E-state index contributed by atoms with van der Waals surface area (Å²) in [7, 11) is 0. The lowest BCUT2D eigenvalue weighted by atomic mass is 9.94. The quantitative estimate of drug-likeness (QED) is 0.554. The van der Waals surface area contributed by atoms with Crippen LogP contribution in [0.25, 0.3) is 0 Å². The van der Waals surface area contributed by atoms with Crippen molar-refractivity contribution in [2.45, 2.75) is 27.7 Å². The van der Waals surface area contributed by atoms with Crippen LogP contribution in [0.5, 0.6) is 0 Å². The first-order chi connectivity index (χ1) is 7.82. The van der Waals surface area contributed by atoms with Crippen LogP contribution in [0, 0.1) is 5.41 Å². The van der Waals surface area contributed by atoms with Crippen molar-refractivity contribution in [1.29, 1.82) is 0 Å². The van der Waals surface area contributed by atoms with Gasteiger partial charge in [0.1, 0.15) is 12.4 Å². The third-order valence-electron chi connectivity index (χ3n) is 2.54. The van der Waals surface area contributed by atoms with Crippen molar-refractivity contribution in [3.05, 3.63) is 12.2 Å². The first-order valence-corrected chi connectivity index (χ1v) is 5.95. The normalized spacial score (nSPS) is 15.8. The van der Waals surface area contributed by atoms with Crippen molar-refractivity contribution in [3.63, 3.8) is 0 Å². The van der Waals surface area contributed by atoms with E-state index in [9.17, 15) is 4.79 Å². The van der Waals surface area contributed by atoms with Crippen molar-refractivity contribution in [3.8, 4) is 0 Å². The highest BCUT2D eigenvalue weighted by atomic mass is 16.5. The van der Waals surface area contributed by atoms with E-state index in [0.717, 1.165) is 18.9 Å². The lowest BCUT2D eigenvalue weighted by molar-refractivity contribution is -0.139. The molecule has 1 aliphatic rings. The van der Waals surface area contributed by atoms with E-state index in [2.05, 4.69) is 37.2 Å². The van der Waals surface area contributed by atoms with E-state index in [-0.39, 0.29) is 11.4 Å². The van der Waals surface area contributed by atoms with Crippen molar-refractivity contribution in [1.82, 2.24) is 4.90 Å². The maximum Gasteiger partial charge on any atom is 0.333 e. The molecule has 0 amide bonds. The van der Waals surface area contributed by atoms with Gasteiger partial charge in [-0.2, -0.15) is 0 Å². The number of aliphatic imine (C=N–C) groups is 1. The molecular formula is C13H22N2O2. The second-order valence-electron chi connectivity index (χ2n) is 5.36. The number of ether oxygens (including phenoxy) is 1. The first kappa shape index (κ1) is 13.7. The second-order valence-corrected chi connectivity index (χ2v) is 5.36. The molecule has 0 aromatic rings. The Labute approximate surface area is 103 Å². The van der Waals surface area contributed by atoms with Crippen LogP contribution in [0.4, 0.5) is 0 Å². The van der Waals surface area contributed by atoms with Crippen molar-refractivity contribution >= 4 is 11.8 Å². The number of nitrogens with zero attached hydrogens (tertiary/aromatic N) is 2. The summed E-state index contributed by atoms with van der Waals surface area (Å²) >= 11 is 0. The molecule has 0 aromatic carbocycles. The number of rotatable bonds is 4. The average Bonchev–Trinajstić information content (AvgIpc) is 2.65. The van der Waals surface area contributed by atoms with E-state index >= 15 is 0 Å². The van der Waals surface area contributed by atoms with Gasteiger partial charge in [-0.15, -0.1) is 0 Å². The molecule has 0 aromatic heterocycles. The fraction of sp³-hybridized carbons (Fsp3) is 0.692. The Morgan fingerprint density at radius 3 is 2.71 bits per heavy atom. The zero-order valence-corrected chi connectivity index (χ0v) is 11.2. The van der Waals surface area contributed by atoms with Crippen LogP contribution in [0.15, 0.2) is 17.1 Å². The van der Waals surface area contributed by atoms with Gasteiger partial charge in [0.2, 0.25) is 0 Å². The molecule has 0 spiro atoms. The van der Waals surface area contributed by atoms with Gasteiger partial charge in [-0.05, 0) is 6.92 Å². The van der Waals surface area contributed by atoms with E-state index < -0.39 is 0 Å². The smallest absolute Gasteiger partial charge is 0.333 e. The van der Waals surface area contributed by atoms with Crippen molar-refractivity contribution in [2.24, 2.45) is 10.4 Å². The molecule has 0 atom stereocenters. The third-order valence-corrected chi connectivity index (χ3v) is 2.54. The summed E-state index contributed by atoms with van der Waals surface area (Å²) in [6.45, 7) is 14.5. The second kappa shape index (κ2) is 5.34. The van der Waals surface area contributed by atoms with E-state index in [1.165, 1.54) is 0 Å². The largest absolute Gasteiger partial charge is 0.460 e. The Bertz CT molecular complexity index is 340. The summed E-state index contributed by atoms with van der Waals surface area (Å²) in [5.41, 5.74) is 0.491.